The van der Waals surface area contributed by atoms with Gasteiger partial charge in [0.25, 0.3) is 0 Å². The quantitative estimate of drug-likeness (QED) is 0.419. The summed E-state index contributed by atoms with van der Waals surface area (Å²) in [6.07, 6.45) is 0. The molecule has 0 atom stereocenters. The Balaban J connectivity index is 1.90. The van der Waals surface area contributed by atoms with Gasteiger partial charge in [-0.15, -0.1) is 0 Å². The maximum Gasteiger partial charge on any atom is 0.335 e. The van der Waals surface area contributed by atoms with Gasteiger partial charge in [-0.1, -0.05) is 60.1 Å². The third-order valence-corrected chi connectivity index (χ3v) is 4.82. The molecule has 0 saturated carbocycles. The minimum absolute atomic E-state index is 0.133. The van der Waals surface area contributed by atoms with E-state index in [1.165, 1.54) is 18.2 Å². The van der Waals surface area contributed by atoms with Crippen molar-refractivity contribution in [3.05, 3.63) is 101 Å². The number of benzene rings is 3. The number of nitrogens with zero attached hydrogens (tertiary/aromatic N) is 1. The summed E-state index contributed by atoms with van der Waals surface area (Å²) >= 11 is 5.97. The molecule has 0 aliphatic rings. The molecule has 0 amide bonds. The Morgan fingerprint density at radius 2 is 1.38 bits per heavy atom. The Morgan fingerprint density at radius 3 is 2.03 bits per heavy atom. The van der Waals surface area contributed by atoms with E-state index in [2.05, 4.69) is 0 Å². The molecule has 3 nitrogen and oxygen atoms in total. The second-order valence-corrected chi connectivity index (χ2v) is 6.93. The average Bonchev–Trinajstić information content (AvgIpc) is 2.74. The lowest BCUT2D eigenvalue weighted by atomic mass is 9.96. The molecular formula is C24H15ClFNO2. The predicted octanol–water partition coefficient (Wildman–Crippen LogP) is 6.57. The zero-order chi connectivity index (χ0) is 20.4. The van der Waals surface area contributed by atoms with E-state index in [-0.39, 0.29) is 11.4 Å². The first-order chi connectivity index (χ1) is 14.0. The number of hydrogen-bond acceptors (Lipinski definition) is 2. The standard InChI is InChI=1S/C24H15ClFNO2/c25-18-9-5-16(6-10-18)22-13-17(24(28)29)14-23(27-22)21-4-2-1-3-20(21)15-7-11-19(26)12-8-15/h1-14H,(H,28,29). The van der Waals surface area contributed by atoms with E-state index in [4.69, 9.17) is 16.6 Å². The van der Waals surface area contributed by atoms with Crippen LogP contribution in [0.1, 0.15) is 10.4 Å². The van der Waals surface area contributed by atoms with E-state index in [0.29, 0.717) is 16.4 Å². The molecule has 1 aromatic heterocycles. The summed E-state index contributed by atoms with van der Waals surface area (Å²) in [6.45, 7) is 0. The topological polar surface area (TPSA) is 50.2 Å². The molecular weight excluding hydrogens is 389 g/mol. The van der Waals surface area contributed by atoms with Crippen LogP contribution in [0.3, 0.4) is 0 Å². The Hall–Kier alpha value is -3.50. The molecule has 0 aliphatic heterocycles. The Kier molecular flexibility index (Phi) is 5.10. The lowest BCUT2D eigenvalue weighted by Gasteiger charge is -2.12. The van der Waals surface area contributed by atoms with Crippen molar-refractivity contribution >= 4 is 17.6 Å². The molecule has 1 heterocycles. The fraction of sp³-hybridized carbons (Fsp3) is 0. The first-order valence-corrected chi connectivity index (χ1v) is 9.26. The number of halogens is 2. The van der Waals surface area contributed by atoms with E-state index in [1.807, 2.05) is 24.3 Å². The van der Waals surface area contributed by atoms with Crippen molar-refractivity contribution in [1.82, 2.24) is 4.98 Å². The van der Waals surface area contributed by atoms with Crippen LogP contribution in [0.25, 0.3) is 33.6 Å². The molecule has 0 bridgehead atoms. The third-order valence-electron chi connectivity index (χ3n) is 4.57. The smallest absolute Gasteiger partial charge is 0.335 e. The van der Waals surface area contributed by atoms with Crippen molar-refractivity contribution in [2.45, 2.75) is 0 Å². The number of hydrogen-bond donors (Lipinski definition) is 1. The van der Waals surface area contributed by atoms with Gasteiger partial charge in [-0.3, -0.25) is 0 Å². The maximum atomic E-state index is 13.3. The Bertz CT molecular complexity index is 1190. The second kappa shape index (κ2) is 7.86. The van der Waals surface area contributed by atoms with Crippen LogP contribution in [0, 0.1) is 5.82 Å². The molecule has 0 spiro atoms. The molecule has 0 unspecified atom stereocenters. The maximum absolute atomic E-state index is 13.3. The predicted molar refractivity (Wildman–Crippen MR) is 112 cm³/mol. The molecule has 0 saturated heterocycles. The van der Waals surface area contributed by atoms with E-state index >= 15 is 0 Å². The van der Waals surface area contributed by atoms with Crippen molar-refractivity contribution < 1.29 is 14.3 Å². The van der Waals surface area contributed by atoms with Crippen LogP contribution in [0.4, 0.5) is 4.39 Å². The van der Waals surface area contributed by atoms with Crippen molar-refractivity contribution in [3.8, 4) is 33.6 Å². The summed E-state index contributed by atoms with van der Waals surface area (Å²) in [5, 5.41) is 10.2. The molecule has 4 rings (SSSR count). The fourth-order valence-electron chi connectivity index (χ4n) is 3.15. The van der Waals surface area contributed by atoms with Gasteiger partial charge in [-0.2, -0.15) is 0 Å². The van der Waals surface area contributed by atoms with Crippen molar-refractivity contribution in [3.63, 3.8) is 0 Å². The minimum atomic E-state index is -1.04. The highest BCUT2D eigenvalue weighted by Crippen LogP contribution is 2.33. The van der Waals surface area contributed by atoms with Gasteiger partial charge in [0, 0.05) is 16.1 Å². The second-order valence-electron chi connectivity index (χ2n) is 6.49. The van der Waals surface area contributed by atoms with Gasteiger partial charge in [0.1, 0.15) is 5.82 Å². The summed E-state index contributed by atoms with van der Waals surface area (Å²) in [5.41, 5.74) is 4.37. The normalized spacial score (nSPS) is 10.7. The number of rotatable bonds is 4. The number of carboxylic acid groups (broad SMARTS) is 1. The fourth-order valence-corrected chi connectivity index (χ4v) is 3.27. The first-order valence-electron chi connectivity index (χ1n) is 8.88. The van der Waals surface area contributed by atoms with E-state index < -0.39 is 5.97 Å². The summed E-state index contributed by atoms with van der Waals surface area (Å²) in [5.74, 6) is -1.36. The van der Waals surface area contributed by atoms with Gasteiger partial charge in [-0.05, 0) is 47.5 Å². The SMILES string of the molecule is O=C(O)c1cc(-c2ccc(Cl)cc2)nc(-c2ccccc2-c2ccc(F)cc2)c1. The zero-order valence-electron chi connectivity index (χ0n) is 15.1. The highest BCUT2D eigenvalue weighted by Gasteiger charge is 2.14. The molecule has 142 valence electrons. The monoisotopic (exact) mass is 403 g/mol. The van der Waals surface area contributed by atoms with E-state index in [9.17, 15) is 14.3 Å². The van der Waals surface area contributed by atoms with Crippen LogP contribution >= 0.6 is 11.6 Å². The van der Waals surface area contributed by atoms with Crippen LogP contribution < -0.4 is 0 Å². The number of aromatic nitrogens is 1. The summed E-state index contributed by atoms with van der Waals surface area (Å²) in [6, 6.07) is 23.8. The molecule has 0 fully saturated rings. The number of pyridine rings is 1. The largest absolute Gasteiger partial charge is 0.478 e. The van der Waals surface area contributed by atoms with Gasteiger partial charge in [0.15, 0.2) is 0 Å². The highest BCUT2D eigenvalue weighted by atomic mass is 35.5. The van der Waals surface area contributed by atoms with Crippen molar-refractivity contribution in [2.24, 2.45) is 0 Å². The number of carboxylic acids is 1. The molecule has 3 aromatic carbocycles. The average molecular weight is 404 g/mol. The summed E-state index contributed by atoms with van der Waals surface area (Å²) in [7, 11) is 0. The van der Waals surface area contributed by atoms with Gasteiger partial charge >= 0.3 is 5.97 Å². The summed E-state index contributed by atoms with van der Waals surface area (Å²) in [4.78, 5) is 16.4. The molecule has 1 N–H and O–H groups in total. The van der Waals surface area contributed by atoms with Crippen LogP contribution in [-0.4, -0.2) is 16.1 Å². The van der Waals surface area contributed by atoms with E-state index in [1.54, 1.807) is 42.5 Å². The van der Waals surface area contributed by atoms with Crippen LogP contribution in [0.2, 0.25) is 5.02 Å². The van der Waals surface area contributed by atoms with Crippen LogP contribution in [0.5, 0.6) is 0 Å². The molecule has 29 heavy (non-hydrogen) atoms. The third kappa shape index (κ3) is 4.03. The van der Waals surface area contributed by atoms with Crippen LogP contribution in [-0.2, 0) is 0 Å². The minimum Gasteiger partial charge on any atom is -0.478 e. The van der Waals surface area contributed by atoms with E-state index in [0.717, 1.165) is 22.3 Å². The molecule has 0 aliphatic carbocycles. The van der Waals surface area contributed by atoms with Gasteiger partial charge in [0.05, 0.1) is 17.0 Å². The lowest BCUT2D eigenvalue weighted by molar-refractivity contribution is 0.0697. The molecule has 5 heteroatoms. The zero-order valence-corrected chi connectivity index (χ0v) is 15.9. The van der Waals surface area contributed by atoms with Crippen LogP contribution in [0.15, 0.2) is 84.9 Å². The number of carbonyl (C=O) groups is 1. The Morgan fingerprint density at radius 1 is 0.793 bits per heavy atom. The Labute approximate surface area is 172 Å². The number of aromatic carboxylic acids is 1. The highest BCUT2D eigenvalue weighted by molar-refractivity contribution is 6.30. The van der Waals surface area contributed by atoms with Gasteiger partial charge in [0.2, 0.25) is 0 Å². The van der Waals surface area contributed by atoms with Gasteiger partial charge in [-0.25, -0.2) is 14.2 Å². The summed E-state index contributed by atoms with van der Waals surface area (Å²) < 4.78 is 13.3. The molecule has 4 aromatic rings. The van der Waals surface area contributed by atoms with Gasteiger partial charge < -0.3 is 5.11 Å². The first kappa shape index (κ1) is 18.8. The molecule has 0 radical (unpaired) electrons. The lowest BCUT2D eigenvalue weighted by Crippen LogP contribution is -2.00. The van der Waals surface area contributed by atoms with Crippen molar-refractivity contribution in [2.75, 3.05) is 0 Å². The van der Waals surface area contributed by atoms with Crippen molar-refractivity contribution in [1.29, 1.82) is 0 Å².